The average Bonchev–Trinajstić information content (AvgIpc) is 2.84. The van der Waals surface area contributed by atoms with Gasteiger partial charge in [0.25, 0.3) is 0 Å². The maximum absolute atomic E-state index is 4.87. The van der Waals surface area contributed by atoms with E-state index in [2.05, 4.69) is 42.6 Å². The predicted octanol–water partition coefficient (Wildman–Crippen LogP) is 4.39. The SMILES string of the molecule is CC1CCCC(NC2=NC(c3ccccc3)CS2)CC1. The third-order valence-electron chi connectivity index (χ3n) is 4.42. The molecule has 1 aromatic rings. The molecule has 1 heterocycles. The molecule has 1 aliphatic carbocycles. The van der Waals surface area contributed by atoms with E-state index in [1.807, 2.05) is 11.8 Å². The summed E-state index contributed by atoms with van der Waals surface area (Å²) in [5.74, 6) is 1.98. The van der Waals surface area contributed by atoms with Gasteiger partial charge in [-0.15, -0.1) is 0 Å². The van der Waals surface area contributed by atoms with E-state index in [1.54, 1.807) is 0 Å². The van der Waals surface area contributed by atoms with Gasteiger partial charge in [0, 0.05) is 11.8 Å². The van der Waals surface area contributed by atoms with Crippen LogP contribution in [0.5, 0.6) is 0 Å². The first-order chi connectivity index (χ1) is 9.81. The number of amidine groups is 1. The molecule has 0 aromatic heterocycles. The zero-order valence-corrected chi connectivity index (χ0v) is 13.0. The highest BCUT2D eigenvalue weighted by Crippen LogP contribution is 2.30. The Balaban J connectivity index is 1.58. The van der Waals surface area contributed by atoms with Crippen molar-refractivity contribution in [1.82, 2.24) is 5.32 Å². The van der Waals surface area contributed by atoms with Crippen LogP contribution >= 0.6 is 11.8 Å². The second-order valence-corrected chi connectivity index (χ2v) is 7.14. The molecule has 1 aliphatic heterocycles. The first-order valence-electron chi connectivity index (χ1n) is 7.83. The highest BCUT2D eigenvalue weighted by Gasteiger charge is 2.23. The zero-order valence-electron chi connectivity index (χ0n) is 12.2. The van der Waals surface area contributed by atoms with Crippen LogP contribution in [-0.4, -0.2) is 17.0 Å². The molecular weight excluding hydrogens is 264 g/mol. The average molecular weight is 288 g/mol. The molecule has 0 spiro atoms. The van der Waals surface area contributed by atoms with Crippen LogP contribution in [0.2, 0.25) is 0 Å². The van der Waals surface area contributed by atoms with Crippen LogP contribution in [0.4, 0.5) is 0 Å². The molecule has 3 unspecified atom stereocenters. The topological polar surface area (TPSA) is 24.4 Å². The van der Waals surface area contributed by atoms with Gasteiger partial charge < -0.3 is 5.32 Å². The molecule has 1 saturated carbocycles. The maximum atomic E-state index is 4.87. The Morgan fingerprint density at radius 3 is 2.80 bits per heavy atom. The fourth-order valence-electron chi connectivity index (χ4n) is 3.10. The Kier molecular flexibility index (Phi) is 4.66. The summed E-state index contributed by atoms with van der Waals surface area (Å²) in [5.41, 5.74) is 1.34. The van der Waals surface area contributed by atoms with Crippen molar-refractivity contribution in [3.8, 4) is 0 Å². The number of nitrogens with one attached hydrogen (secondary N) is 1. The van der Waals surface area contributed by atoms with Crippen LogP contribution in [0, 0.1) is 5.92 Å². The standard InChI is InChI=1S/C17H24N2S/c1-13-6-5-9-15(11-10-13)18-17-19-16(12-20-17)14-7-3-2-4-8-14/h2-4,7-8,13,15-16H,5-6,9-12H2,1H3,(H,18,19). The van der Waals surface area contributed by atoms with Crippen LogP contribution in [0.15, 0.2) is 35.3 Å². The van der Waals surface area contributed by atoms with Gasteiger partial charge in [0.15, 0.2) is 5.17 Å². The Hall–Kier alpha value is -0.960. The van der Waals surface area contributed by atoms with Gasteiger partial charge in [-0.3, -0.25) is 4.99 Å². The van der Waals surface area contributed by atoms with E-state index in [0.29, 0.717) is 12.1 Å². The summed E-state index contributed by atoms with van der Waals surface area (Å²) < 4.78 is 0. The molecule has 3 atom stereocenters. The van der Waals surface area contributed by atoms with Gasteiger partial charge in [0.2, 0.25) is 0 Å². The van der Waals surface area contributed by atoms with Crippen LogP contribution in [-0.2, 0) is 0 Å². The molecular formula is C17H24N2S. The van der Waals surface area contributed by atoms with E-state index in [1.165, 1.54) is 42.8 Å². The molecule has 0 radical (unpaired) electrons. The quantitative estimate of drug-likeness (QED) is 0.816. The fraction of sp³-hybridized carbons (Fsp3) is 0.588. The third kappa shape index (κ3) is 3.57. The number of benzene rings is 1. The first-order valence-corrected chi connectivity index (χ1v) is 8.82. The zero-order chi connectivity index (χ0) is 13.8. The molecule has 20 heavy (non-hydrogen) atoms. The first kappa shape index (κ1) is 14.0. The van der Waals surface area contributed by atoms with Crippen molar-refractivity contribution in [3.63, 3.8) is 0 Å². The van der Waals surface area contributed by atoms with E-state index in [4.69, 9.17) is 4.99 Å². The van der Waals surface area contributed by atoms with E-state index >= 15 is 0 Å². The summed E-state index contributed by atoms with van der Waals surface area (Å²) in [6, 6.07) is 11.6. The highest BCUT2D eigenvalue weighted by atomic mass is 32.2. The van der Waals surface area contributed by atoms with Gasteiger partial charge in [-0.05, 0) is 30.7 Å². The monoisotopic (exact) mass is 288 g/mol. The molecule has 1 fully saturated rings. The van der Waals surface area contributed by atoms with Crippen molar-refractivity contribution in [1.29, 1.82) is 0 Å². The molecule has 1 N–H and O–H groups in total. The minimum absolute atomic E-state index is 0.341. The van der Waals surface area contributed by atoms with Crippen molar-refractivity contribution >= 4 is 16.9 Å². The van der Waals surface area contributed by atoms with Crippen LogP contribution in [0.1, 0.15) is 50.6 Å². The summed E-state index contributed by atoms with van der Waals surface area (Å²) in [4.78, 5) is 4.87. The summed E-state index contributed by atoms with van der Waals surface area (Å²) in [6.45, 7) is 2.38. The van der Waals surface area contributed by atoms with Crippen LogP contribution < -0.4 is 5.32 Å². The van der Waals surface area contributed by atoms with Gasteiger partial charge in [0.1, 0.15) is 0 Å². The predicted molar refractivity (Wildman–Crippen MR) is 88.2 cm³/mol. The highest BCUT2D eigenvalue weighted by molar-refractivity contribution is 8.14. The molecule has 108 valence electrons. The van der Waals surface area contributed by atoms with E-state index < -0.39 is 0 Å². The largest absolute Gasteiger partial charge is 0.362 e. The molecule has 0 amide bonds. The smallest absolute Gasteiger partial charge is 0.157 e. The lowest BCUT2D eigenvalue weighted by molar-refractivity contribution is 0.490. The molecule has 2 aliphatic rings. The number of hydrogen-bond acceptors (Lipinski definition) is 3. The lowest BCUT2D eigenvalue weighted by atomic mass is 10.0. The molecule has 0 bridgehead atoms. The van der Waals surface area contributed by atoms with Gasteiger partial charge in [-0.2, -0.15) is 0 Å². The lowest BCUT2D eigenvalue weighted by Gasteiger charge is -2.16. The second-order valence-electron chi connectivity index (χ2n) is 6.13. The Morgan fingerprint density at radius 1 is 1.10 bits per heavy atom. The number of aliphatic imine (C=N–C) groups is 1. The van der Waals surface area contributed by atoms with Crippen LogP contribution in [0.3, 0.4) is 0 Å². The molecule has 0 saturated heterocycles. The Morgan fingerprint density at radius 2 is 1.95 bits per heavy atom. The van der Waals surface area contributed by atoms with Crippen molar-refractivity contribution in [2.24, 2.45) is 10.9 Å². The third-order valence-corrected chi connectivity index (χ3v) is 5.40. The van der Waals surface area contributed by atoms with E-state index in [-0.39, 0.29) is 0 Å². The van der Waals surface area contributed by atoms with Gasteiger partial charge in [-0.1, -0.05) is 61.9 Å². The van der Waals surface area contributed by atoms with Crippen molar-refractivity contribution in [3.05, 3.63) is 35.9 Å². The minimum Gasteiger partial charge on any atom is -0.362 e. The number of thioether (sulfide) groups is 1. The Labute approximate surface area is 126 Å². The molecule has 3 heteroatoms. The lowest BCUT2D eigenvalue weighted by Crippen LogP contribution is -2.31. The minimum atomic E-state index is 0.341. The van der Waals surface area contributed by atoms with Crippen LogP contribution in [0.25, 0.3) is 0 Å². The van der Waals surface area contributed by atoms with Crippen molar-refractivity contribution in [2.75, 3.05) is 5.75 Å². The fourth-order valence-corrected chi connectivity index (χ4v) is 4.14. The normalized spacial score (nSPS) is 30.6. The summed E-state index contributed by atoms with van der Waals surface area (Å²) in [7, 11) is 0. The van der Waals surface area contributed by atoms with Gasteiger partial charge in [0.05, 0.1) is 6.04 Å². The summed E-state index contributed by atoms with van der Waals surface area (Å²) >= 11 is 1.89. The van der Waals surface area contributed by atoms with Gasteiger partial charge >= 0.3 is 0 Å². The van der Waals surface area contributed by atoms with E-state index in [0.717, 1.165) is 11.7 Å². The maximum Gasteiger partial charge on any atom is 0.157 e. The number of nitrogens with zero attached hydrogens (tertiary/aromatic N) is 1. The molecule has 2 nitrogen and oxygen atoms in total. The number of rotatable bonds is 2. The van der Waals surface area contributed by atoms with Gasteiger partial charge in [-0.25, -0.2) is 0 Å². The van der Waals surface area contributed by atoms with Crippen molar-refractivity contribution in [2.45, 2.75) is 51.1 Å². The van der Waals surface area contributed by atoms with Crippen molar-refractivity contribution < 1.29 is 0 Å². The second kappa shape index (κ2) is 6.66. The Bertz CT molecular complexity index is 457. The summed E-state index contributed by atoms with van der Waals surface area (Å²) in [6.07, 6.45) is 6.72. The molecule has 1 aromatic carbocycles. The number of hydrogen-bond donors (Lipinski definition) is 1. The molecule has 3 rings (SSSR count). The van der Waals surface area contributed by atoms with E-state index in [9.17, 15) is 0 Å². The summed E-state index contributed by atoms with van der Waals surface area (Å²) in [5, 5.41) is 4.86.